The fourth-order valence-corrected chi connectivity index (χ4v) is 0.801. The lowest BCUT2D eigenvalue weighted by atomic mass is 10.0. The molecule has 0 radical (unpaired) electrons. The van der Waals surface area contributed by atoms with Gasteiger partial charge >= 0.3 is 0 Å². The van der Waals surface area contributed by atoms with E-state index in [0.29, 0.717) is 0 Å². The Labute approximate surface area is 70.5 Å². The van der Waals surface area contributed by atoms with E-state index in [1.165, 1.54) is 0 Å². The summed E-state index contributed by atoms with van der Waals surface area (Å²) in [6.07, 6.45) is 1.04. The van der Waals surface area contributed by atoms with E-state index in [1.807, 2.05) is 0 Å². The van der Waals surface area contributed by atoms with Crippen molar-refractivity contribution in [1.29, 1.82) is 0 Å². The minimum Gasteiger partial charge on any atom is -0.326 e. The van der Waals surface area contributed by atoms with Crippen LogP contribution in [-0.2, 0) is 0 Å². The molecule has 0 spiro atoms. The maximum absolute atomic E-state index is 5.81. The molecule has 68 valence electrons. The van der Waals surface area contributed by atoms with E-state index in [1.54, 1.807) is 0 Å². The highest BCUT2D eigenvalue weighted by Crippen LogP contribution is 2.01. The summed E-state index contributed by atoms with van der Waals surface area (Å²) in [6.45, 7) is 10.7. The molecule has 0 aromatic carbocycles. The molecule has 0 atom stereocenters. The largest absolute Gasteiger partial charge is 0.326 e. The van der Waals surface area contributed by atoms with Crippen LogP contribution in [0, 0.1) is 5.92 Å². The van der Waals surface area contributed by atoms with Gasteiger partial charge in [-0.2, -0.15) is 0 Å². The van der Waals surface area contributed by atoms with Crippen molar-refractivity contribution in [3.63, 3.8) is 0 Å². The van der Waals surface area contributed by atoms with Crippen LogP contribution >= 0.6 is 0 Å². The first-order chi connectivity index (χ1) is 4.92. The normalized spacial score (nSPS) is 12.5. The van der Waals surface area contributed by atoms with Crippen molar-refractivity contribution in [3.8, 4) is 0 Å². The molecule has 0 saturated carbocycles. The lowest BCUT2D eigenvalue weighted by molar-refractivity contribution is 0.441. The molecule has 0 aliphatic rings. The first-order valence-corrected chi connectivity index (χ1v) is 4.41. The van der Waals surface area contributed by atoms with Crippen molar-refractivity contribution in [2.75, 3.05) is 13.1 Å². The molecular formula is C9H22N2. The Morgan fingerprint density at radius 2 is 1.91 bits per heavy atom. The highest BCUT2D eigenvalue weighted by molar-refractivity contribution is 4.72. The highest BCUT2D eigenvalue weighted by Gasteiger charge is 2.08. The zero-order valence-corrected chi connectivity index (χ0v) is 8.28. The number of rotatable bonds is 5. The van der Waals surface area contributed by atoms with Crippen LogP contribution in [0.15, 0.2) is 0 Å². The predicted molar refractivity (Wildman–Crippen MR) is 50.6 cm³/mol. The maximum atomic E-state index is 5.81. The van der Waals surface area contributed by atoms with Crippen molar-refractivity contribution < 1.29 is 0 Å². The van der Waals surface area contributed by atoms with Gasteiger partial charge in [-0.1, -0.05) is 13.8 Å². The summed E-state index contributed by atoms with van der Waals surface area (Å²) in [5.41, 5.74) is 5.79. The molecule has 2 heteroatoms. The molecule has 0 amide bonds. The van der Waals surface area contributed by atoms with Crippen molar-refractivity contribution >= 4 is 0 Å². The van der Waals surface area contributed by atoms with E-state index in [2.05, 4.69) is 33.0 Å². The zero-order chi connectivity index (χ0) is 8.91. The summed E-state index contributed by atoms with van der Waals surface area (Å²) < 4.78 is 0. The van der Waals surface area contributed by atoms with Gasteiger partial charge in [0.2, 0.25) is 0 Å². The summed E-state index contributed by atoms with van der Waals surface area (Å²) in [5.74, 6) is 0.732. The molecule has 0 aliphatic heterocycles. The Balaban J connectivity index is 3.15. The molecule has 11 heavy (non-hydrogen) atoms. The van der Waals surface area contributed by atoms with E-state index >= 15 is 0 Å². The van der Waals surface area contributed by atoms with E-state index in [0.717, 1.165) is 25.4 Å². The van der Waals surface area contributed by atoms with Gasteiger partial charge in [-0.05, 0) is 39.3 Å². The fraction of sp³-hybridized carbons (Fsp3) is 1.00. The molecule has 0 saturated heterocycles. The molecule has 0 aromatic heterocycles. The van der Waals surface area contributed by atoms with Crippen LogP contribution < -0.4 is 11.1 Å². The summed E-state index contributed by atoms with van der Waals surface area (Å²) in [4.78, 5) is 0. The first-order valence-electron chi connectivity index (χ1n) is 4.41. The number of nitrogens with one attached hydrogen (secondary N) is 1. The average Bonchev–Trinajstić information content (AvgIpc) is 1.78. The molecule has 0 rings (SSSR count). The summed E-state index contributed by atoms with van der Waals surface area (Å²) in [5, 5.41) is 3.36. The van der Waals surface area contributed by atoms with Gasteiger partial charge in [-0.25, -0.2) is 0 Å². The van der Waals surface area contributed by atoms with E-state index < -0.39 is 0 Å². The van der Waals surface area contributed by atoms with Gasteiger partial charge in [-0.15, -0.1) is 0 Å². The second-order valence-electron chi connectivity index (χ2n) is 4.34. The van der Waals surface area contributed by atoms with Gasteiger partial charge in [0.1, 0.15) is 0 Å². The molecule has 0 heterocycles. The average molecular weight is 158 g/mol. The first kappa shape index (κ1) is 10.9. The van der Waals surface area contributed by atoms with Crippen LogP contribution in [0.1, 0.15) is 34.1 Å². The van der Waals surface area contributed by atoms with Gasteiger partial charge in [0.05, 0.1) is 0 Å². The molecular weight excluding hydrogens is 136 g/mol. The smallest absolute Gasteiger partial charge is 0.0109 e. The number of hydrogen-bond acceptors (Lipinski definition) is 2. The van der Waals surface area contributed by atoms with E-state index in [9.17, 15) is 0 Å². The second-order valence-corrected chi connectivity index (χ2v) is 4.34. The van der Waals surface area contributed by atoms with Crippen molar-refractivity contribution in [2.24, 2.45) is 11.7 Å². The van der Waals surface area contributed by atoms with Crippen molar-refractivity contribution in [1.82, 2.24) is 5.32 Å². The highest BCUT2D eigenvalue weighted by atomic mass is 14.9. The molecule has 0 unspecified atom stereocenters. The Bertz CT molecular complexity index is 92.2. The Morgan fingerprint density at radius 3 is 2.27 bits per heavy atom. The van der Waals surface area contributed by atoms with Gasteiger partial charge in [0, 0.05) is 5.54 Å². The summed E-state index contributed by atoms with van der Waals surface area (Å²) >= 11 is 0. The van der Waals surface area contributed by atoms with Gasteiger partial charge in [0.15, 0.2) is 0 Å². The number of nitrogens with two attached hydrogens (primary N) is 1. The van der Waals surface area contributed by atoms with Crippen LogP contribution in [0.5, 0.6) is 0 Å². The second kappa shape index (κ2) is 4.73. The fourth-order valence-electron chi connectivity index (χ4n) is 0.801. The van der Waals surface area contributed by atoms with Crippen LogP contribution in [0.4, 0.5) is 0 Å². The van der Waals surface area contributed by atoms with Gasteiger partial charge in [-0.3, -0.25) is 0 Å². The third-order valence-electron chi connectivity index (χ3n) is 1.50. The molecule has 0 aromatic rings. The molecule has 3 N–H and O–H groups in total. The van der Waals surface area contributed by atoms with Crippen LogP contribution in [-0.4, -0.2) is 18.6 Å². The van der Waals surface area contributed by atoms with Crippen molar-refractivity contribution in [2.45, 2.75) is 39.7 Å². The predicted octanol–water partition coefficient (Wildman–Crippen LogP) is 1.36. The van der Waals surface area contributed by atoms with Crippen molar-refractivity contribution in [3.05, 3.63) is 0 Å². The van der Waals surface area contributed by atoms with Crippen LogP contribution in [0.2, 0.25) is 0 Å². The SMILES string of the molecule is CC(C)CNCCC(C)(C)N. The van der Waals surface area contributed by atoms with E-state index in [-0.39, 0.29) is 5.54 Å². The maximum Gasteiger partial charge on any atom is 0.0109 e. The molecule has 2 nitrogen and oxygen atoms in total. The topological polar surface area (TPSA) is 38.0 Å². The van der Waals surface area contributed by atoms with E-state index in [4.69, 9.17) is 5.73 Å². The quantitative estimate of drug-likeness (QED) is 0.593. The Morgan fingerprint density at radius 1 is 1.36 bits per heavy atom. The third kappa shape index (κ3) is 9.92. The minimum absolute atomic E-state index is 0.0238. The van der Waals surface area contributed by atoms with Crippen LogP contribution in [0.25, 0.3) is 0 Å². The van der Waals surface area contributed by atoms with Gasteiger partial charge in [0.25, 0.3) is 0 Å². The number of hydrogen-bond donors (Lipinski definition) is 2. The monoisotopic (exact) mass is 158 g/mol. The molecule has 0 fully saturated rings. The summed E-state index contributed by atoms with van der Waals surface area (Å²) in [7, 11) is 0. The standard InChI is InChI=1S/C9H22N2/c1-8(2)7-11-6-5-9(3,4)10/h8,11H,5-7,10H2,1-4H3. The zero-order valence-electron chi connectivity index (χ0n) is 8.28. The van der Waals surface area contributed by atoms with Gasteiger partial charge < -0.3 is 11.1 Å². The Kier molecular flexibility index (Phi) is 4.69. The molecule has 0 bridgehead atoms. The molecule has 0 aliphatic carbocycles. The lowest BCUT2D eigenvalue weighted by Crippen LogP contribution is -2.36. The third-order valence-corrected chi connectivity index (χ3v) is 1.50. The van der Waals surface area contributed by atoms with Crippen LogP contribution in [0.3, 0.4) is 0 Å². The lowest BCUT2D eigenvalue weighted by Gasteiger charge is -2.18. The summed E-state index contributed by atoms with van der Waals surface area (Å²) in [6, 6.07) is 0. The Hall–Kier alpha value is -0.0800. The minimum atomic E-state index is -0.0238.